The second-order valence-corrected chi connectivity index (χ2v) is 5.89. The van der Waals surface area contributed by atoms with E-state index in [1.54, 1.807) is 20.8 Å². The third-order valence-electron chi connectivity index (χ3n) is 2.86. The molecule has 0 aliphatic rings. The number of halogens is 1. The first kappa shape index (κ1) is 10.4. The van der Waals surface area contributed by atoms with Crippen LogP contribution < -0.4 is 0 Å². The highest BCUT2D eigenvalue weighted by Gasteiger charge is 2.20. The molecule has 0 saturated carbocycles. The lowest BCUT2D eigenvalue weighted by molar-refractivity contribution is -0.387. The molecule has 5 heteroatoms. The minimum atomic E-state index is -2.62. The van der Waals surface area contributed by atoms with Crippen LogP contribution in [-0.2, 0) is 6.37 Å². The van der Waals surface area contributed by atoms with Gasteiger partial charge in [-0.2, -0.15) is 4.39 Å². The van der Waals surface area contributed by atoms with Crippen LogP contribution in [-0.4, -0.2) is 9.91 Å². The second kappa shape index (κ2) is 5.83. The molecule has 1 aromatic heterocycles. The van der Waals surface area contributed by atoms with E-state index < -0.39 is 35.1 Å². The molecule has 1 aromatic carbocycles. The van der Waals surface area contributed by atoms with E-state index in [0.717, 1.165) is 18.3 Å². The van der Waals surface area contributed by atoms with Crippen LogP contribution in [0.4, 0.5) is 10.1 Å². The van der Waals surface area contributed by atoms with Gasteiger partial charge < -0.3 is 0 Å². The van der Waals surface area contributed by atoms with Crippen LogP contribution in [0.25, 0.3) is 11.3 Å². The summed E-state index contributed by atoms with van der Waals surface area (Å²) in [6, 6.07) is 4.73. The van der Waals surface area contributed by atoms with E-state index in [9.17, 15) is 14.5 Å². The van der Waals surface area contributed by atoms with Crippen molar-refractivity contribution in [3.63, 3.8) is 0 Å². The Labute approximate surface area is 136 Å². The van der Waals surface area contributed by atoms with Crippen molar-refractivity contribution in [2.24, 2.45) is 5.41 Å². The molecule has 0 radical (unpaired) electrons. The molecule has 0 fully saturated rings. The van der Waals surface area contributed by atoms with Gasteiger partial charge in [0.2, 0.25) is 5.82 Å². The van der Waals surface area contributed by atoms with E-state index in [-0.39, 0.29) is 22.4 Å². The van der Waals surface area contributed by atoms with E-state index in [0.29, 0.717) is 0 Å². The molecule has 0 unspecified atom stereocenters. The van der Waals surface area contributed by atoms with E-state index >= 15 is 0 Å². The molecule has 116 valence electrons. The lowest BCUT2D eigenvalue weighted by Gasteiger charge is -2.20. The van der Waals surface area contributed by atoms with Crippen LogP contribution >= 0.6 is 0 Å². The first-order valence-electron chi connectivity index (χ1n) is 9.12. The van der Waals surface area contributed by atoms with Crippen LogP contribution in [0.15, 0.2) is 30.5 Å². The van der Waals surface area contributed by atoms with Crippen LogP contribution in [0.3, 0.4) is 0 Å². The summed E-state index contributed by atoms with van der Waals surface area (Å²) in [5.41, 5.74) is -2.41. The van der Waals surface area contributed by atoms with Gasteiger partial charge in [0, 0.05) is 24.7 Å². The monoisotopic (exact) mass is 307 g/mol. The van der Waals surface area contributed by atoms with E-state index in [1.807, 2.05) is 0 Å². The summed E-state index contributed by atoms with van der Waals surface area (Å²) in [5, 5.41) is 11.0. The molecule has 0 saturated heterocycles. The highest BCUT2D eigenvalue weighted by molar-refractivity contribution is 5.64. The summed E-state index contributed by atoms with van der Waals surface area (Å²) in [7, 11) is 0. The zero-order chi connectivity index (χ0) is 20.8. The zero-order valence-corrected chi connectivity index (χ0v) is 12.5. The van der Waals surface area contributed by atoms with Gasteiger partial charge in [0.05, 0.1) is 10.6 Å². The molecule has 4 nitrogen and oxygen atoms in total. The Morgan fingerprint density at radius 2 is 2.18 bits per heavy atom. The van der Waals surface area contributed by atoms with Gasteiger partial charge in [-0.1, -0.05) is 26.8 Å². The standard InChI is InChI=1S/C17H19FN2O2/c1-11-10-19-14(8-12(11)9-17(2,3)4)13-6-5-7-15(16(13)18)20(21)22/h5-8,10H,9H2,1-4H3/i1D3,9D2. The number of rotatable bonds is 3. The quantitative estimate of drug-likeness (QED) is 0.610. The number of pyridine rings is 1. The Morgan fingerprint density at radius 3 is 2.77 bits per heavy atom. The van der Waals surface area contributed by atoms with Crippen LogP contribution in [0.2, 0.25) is 0 Å². The summed E-state index contributed by atoms with van der Waals surface area (Å²) < 4.78 is 54.4. The number of hydrogen-bond acceptors (Lipinski definition) is 3. The molecule has 1 heterocycles. The zero-order valence-electron chi connectivity index (χ0n) is 17.5. The maximum atomic E-state index is 14.5. The fourth-order valence-corrected chi connectivity index (χ4v) is 1.97. The number of nitro groups is 1. The lowest BCUT2D eigenvalue weighted by Crippen LogP contribution is -2.10. The van der Waals surface area contributed by atoms with E-state index in [1.165, 1.54) is 12.1 Å². The molecule has 0 atom stereocenters. The lowest BCUT2D eigenvalue weighted by atomic mass is 9.86. The third-order valence-corrected chi connectivity index (χ3v) is 2.86. The molecule has 2 aromatic rings. The largest absolute Gasteiger partial charge is 0.305 e. The smallest absolute Gasteiger partial charge is 0.258 e. The van der Waals surface area contributed by atoms with Crippen LogP contribution in [0.5, 0.6) is 0 Å². The summed E-state index contributed by atoms with van der Waals surface area (Å²) in [4.78, 5) is 14.0. The van der Waals surface area contributed by atoms with E-state index in [4.69, 9.17) is 6.85 Å². The second-order valence-electron chi connectivity index (χ2n) is 5.89. The number of nitrogens with zero attached hydrogens (tertiary/aromatic N) is 2. The van der Waals surface area contributed by atoms with Crippen molar-refractivity contribution in [2.75, 3.05) is 0 Å². The minimum absolute atomic E-state index is 0.0766. The number of nitro benzene ring substituents is 1. The summed E-state index contributed by atoms with van der Waals surface area (Å²) in [6.07, 6.45) is -1.09. The average Bonchev–Trinajstić information content (AvgIpc) is 2.52. The van der Waals surface area contributed by atoms with Gasteiger partial charge in [0.25, 0.3) is 0 Å². The summed E-state index contributed by atoms with van der Waals surface area (Å²) >= 11 is 0. The Kier molecular flexibility index (Phi) is 2.76. The van der Waals surface area contributed by atoms with Gasteiger partial charge in [0.1, 0.15) is 0 Å². The van der Waals surface area contributed by atoms with Gasteiger partial charge in [-0.15, -0.1) is 0 Å². The van der Waals surface area contributed by atoms with Gasteiger partial charge in [-0.25, -0.2) is 0 Å². The molecule has 0 aliphatic carbocycles. The Bertz CT molecular complexity index is 892. The summed E-state index contributed by atoms with van der Waals surface area (Å²) in [5.74, 6) is -1.11. The maximum Gasteiger partial charge on any atom is 0.305 e. The van der Waals surface area contributed by atoms with Gasteiger partial charge in [-0.3, -0.25) is 15.1 Å². The predicted octanol–water partition coefficient (Wildman–Crippen LogP) is 4.69. The van der Waals surface area contributed by atoms with Crippen molar-refractivity contribution in [3.05, 3.63) is 57.5 Å². The molecule has 0 amide bonds. The minimum Gasteiger partial charge on any atom is -0.258 e. The van der Waals surface area contributed by atoms with Crippen molar-refractivity contribution in [1.82, 2.24) is 4.98 Å². The molecule has 0 N–H and O–H groups in total. The summed E-state index contributed by atoms with van der Waals surface area (Å²) in [6.45, 7) is 2.22. The molecule has 0 bridgehead atoms. The first-order valence-corrected chi connectivity index (χ1v) is 6.62. The SMILES string of the molecule is [2H]C([2H])([2H])c1cnc(-c2cccc([N+](=O)[O-])c2F)cc1C([2H])([2H])C(C)(C)C. The number of aryl methyl sites for hydroxylation is 1. The molecular formula is C17H19FN2O2. The van der Waals surface area contributed by atoms with Gasteiger partial charge in [0.15, 0.2) is 0 Å². The molecule has 22 heavy (non-hydrogen) atoms. The third kappa shape index (κ3) is 3.47. The van der Waals surface area contributed by atoms with Crippen molar-refractivity contribution in [1.29, 1.82) is 0 Å². The van der Waals surface area contributed by atoms with Gasteiger partial charge in [-0.05, 0) is 41.9 Å². The molecule has 0 spiro atoms. The van der Waals surface area contributed by atoms with Crippen molar-refractivity contribution < 1.29 is 16.2 Å². The number of aromatic nitrogens is 1. The normalized spacial score (nSPS) is 16.1. The fraction of sp³-hybridized carbons (Fsp3) is 0.353. The van der Waals surface area contributed by atoms with Gasteiger partial charge >= 0.3 is 5.69 Å². The average molecular weight is 307 g/mol. The molecular weight excluding hydrogens is 283 g/mol. The molecule has 0 aliphatic heterocycles. The van der Waals surface area contributed by atoms with Crippen LogP contribution in [0, 0.1) is 28.2 Å². The highest BCUT2D eigenvalue weighted by Crippen LogP contribution is 2.30. The number of benzene rings is 1. The molecule has 2 rings (SSSR count). The van der Waals surface area contributed by atoms with Crippen molar-refractivity contribution >= 4 is 5.69 Å². The van der Waals surface area contributed by atoms with Crippen LogP contribution in [0.1, 0.15) is 38.8 Å². The predicted molar refractivity (Wildman–Crippen MR) is 84.2 cm³/mol. The topological polar surface area (TPSA) is 56.0 Å². The van der Waals surface area contributed by atoms with E-state index in [2.05, 4.69) is 4.98 Å². The fourth-order valence-electron chi connectivity index (χ4n) is 1.97. The number of hydrogen-bond donors (Lipinski definition) is 0. The van der Waals surface area contributed by atoms with Crippen molar-refractivity contribution in [3.8, 4) is 11.3 Å². The van der Waals surface area contributed by atoms with Crippen molar-refractivity contribution in [2.45, 2.75) is 34.0 Å². The Balaban J connectivity index is 2.79. The Morgan fingerprint density at radius 1 is 1.45 bits per heavy atom. The maximum absolute atomic E-state index is 14.5. The first-order chi connectivity index (χ1) is 12.2. The highest BCUT2D eigenvalue weighted by atomic mass is 19.1. The Hall–Kier alpha value is -2.30.